The third-order valence-corrected chi connectivity index (χ3v) is 3.11. The van der Waals surface area contributed by atoms with Crippen LogP contribution in [0.2, 0.25) is 0 Å². The van der Waals surface area contributed by atoms with Gasteiger partial charge in [0.15, 0.2) is 0 Å². The maximum atomic E-state index is 5.95. The van der Waals surface area contributed by atoms with Gasteiger partial charge in [-0.3, -0.25) is 0 Å². The van der Waals surface area contributed by atoms with Crippen molar-refractivity contribution in [1.82, 2.24) is 5.32 Å². The predicted octanol–water partition coefficient (Wildman–Crippen LogP) is 1.88. The Balaban J connectivity index is 1.73. The summed E-state index contributed by atoms with van der Waals surface area (Å²) < 4.78 is 11.8. The molecule has 1 heterocycles. The average molecular weight is 225 g/mol. The number of allylic oxidation sites excluding steroid dienone is 1. The van der Waals surface area contributed by atoms with Crippen molar-refractivity contribution in [1.29, 1.82) is 0 Å². The smallest absolute Gasteiger partial charge is 0.0940 e. The van der Waals surface area contributed by atoms with Crippen LogP contribution in [0.15, 0.2) is 12.2 Å². The Bertz CT molecular complexity index is 250. The molecule has 0 aromatic rings. The summed E-state index contributed by atoms with van der Waals surface area (Å²) in [6.07, 6.45) is 8.51. The molecule has 16 heavy (non-hydrogen) atoms. The first-order valence-electron chi connectivity index (χ1n) is 6.32. The van der Waals surface area contributed by atoms with Gasteiger partial charge in [0, 0.05) is 13.1 Å². The molecule has 3 nitrogen and oxygen atoms in total. The summed E-state index contributed by atoms with van der Waals surface area (Å²) in [5.74, 6) is 0. The second-order valence-electron chi connectivity index (χ2n) is 5.36. The molecule has 0 radical (unpaired) electrons. The average Bonchev–Trinajstić information content (AvgIpc) is 2.27. The molecule has 0 aromatic heterocycles. The van der Waals surface area contributed by atoms with Gasteiger partial charge in [-0.1, -0.05) is 12.2 Å². The van der Waals surface area contributed by atoms with E-state index in [9.17, 15) is 0 Å². The fourth-order valence-corrected chi connectivity index (χ4v) is 2.31. The van der Waals surface area contributed by atoms with Gasteiger partial charge < -0.3 is 14.8 Å². The number of nitrogens with one attached hydrogen (secondary N) is 1. The van der Waals surface area contributed by atoms with Crippen molar-refractivity contribution in [2.75, 3.05) is 19.7 Å². The number of ether oxygens (including phenoxy) is 2. The number of hydrogen-bond donors (Lipinski definition) is 1. The Hall–Kier alpha value is -0.380. The molecule has 0 saturated carbocycles. The third kappa shape index (κ3) is 3.58. The molecule has 0 spiro atoms. The van der Waals surface area contributed by atoms with Crippen molar-refractivity contribution in [2.24, 2.45) is 0 Å². The molecule has 0 amide bonds. The van der Waals surface area contributed by atoms with E-state index in [-0.39, 0.29) is 11.7 Å². The monoisotopic (exact) mass is 225 g/mol. The summed E-state index contributed by atoms with van der Waals surface area (Å²) >= 11 is 0. The Morgan fingerprint density at radius 3 is 3.06 bits per heavy atom. The minimum absolute atomic E-state index is 0.0608. The van der Waals surface area contributed by atoms with Crippen LogP contribution in [0.1, 0.15) is 33.1 Å². The SMILES string of the molecule is CC1(C)CNCC(COC2C=CCCC2)O1. The van der Waals surface area contributed by atoms with E-state index in [4.69, 9.17) is 9.47 Å². The molecule has 0 aromatic carbocycles. The molecule has 0 bridgehead atoms. The van der Waals surface area contributed by atoms with E-state index >= 15 is 0 Å². The summed E-state index contributed by atoms with van der Waals surface area (Å²) in [6.45, 7) is 6.76. The maximum absolute atomic E-state index is 5.95. The highest BCUT2D eigenvalue weighted by molar-refractivity contribution is 4.94. The molecule has 2 unspecified atom stereocenters. The second-order valence-corrected chi connectivity index (χ2v) is 5.36. The van der Waals surface area contributed by atoms with E-state index < -0.39 is 0 Å². The number of morpholine rings is 1. The van der Waals surface area contributed by atoms with Gasteiger partial charge >= 0.3 is 0 Å². The standard InChI is InChI=1S/C13H23NO2/c1-13(2)10-14-8-12(16-13)9-15-11-6-4-3-5-7-11/h4,6,11-12,14H,3,5,7-10H2,1-2H3. The van der Waals surface area contributed by atoms with E-state index in [0.29, 0.717) is 12.7 Å². The molecule has 2 rings (SSSR count). The van der Waals surface area contributed by atoms with Crippen LogP contribution in [0.25, 0.3) is 0 Å². The van der Waals surface area contributed by atoms with Crippen LogP contribution in [-0.4, -0.2) is 37.5 Å². The lowest BCUT2D eigenvalue weighted by Crippen LogP contribution is -2.52. The van der Waals surface area contributed by atoms with E-state index in [1.54, 1.807) is 0 Å². The number of hydrogen-bond acceptors (Lipinski definition) is 3. The molecule has 3 heteroatoms. The Morgan fingerprint density at radius 2 is 2.38 bits per heavy atom. The summed E-state index contributed by atoms with van der Waals surface area (Å²) in [7, 11) is 0. The molecule has 1 aliphatic carbocycles. The van der Waals surface area contributed by atoms with Gasteiger partial charge in [0.2, 0.25) is 0 Å². The largest absolute Gasteiger partial charge is 0.371 e. The van der Waals surface area contributed by atoms with Gasteiger partial charge in [0.25, 0.3) is 0 Å². The first-order chi connectivity index (χ1) is 7.66. The Kier molecular flexibility index (Phi) is 4.00. The summed E-state index contributed by atoms with van der Waals surface area (Å²) in [4.78, 5) is 0. The van der Waals surface area contributed by atoms with Crippen LogP contribution in [0.5, 0.6) is 0 Å². The van der Waals surface area contributed by atoms with Crippen molar-refractivity contribution in [3.63, 3.8) is 0 Å². The molecule has 1 N–H and O–H groups in total. The molecule has 92 valence electrons. The van der Waals surface area contributed by atoms with Crippen LogP contribution in [0.4, 0.5) is 0 Å². The maximum Gasteiger partial charge on any atom is 0.0940 e. The molecule has 1 aliphatic heterocycles. The lowest BCUT2D eigenvalue weighted by Gasteiger charge is -2.37. The van der Waals surface area contributed by atoms with E-state index in [1.165, 1.54) is 12.8 Å². The van der Waals surface area contributed by atoms with Crippen LogP contribution >= 0.6 is 0 Å². The molecule has 2 aliphatic rings. The van der Waals surface area contributed by atoms with E-state index in [0.717, 1.165) is 19.5 Å². The Morgan fingerprint density at radius 1 is 1.50 bits per heavy atom. The van der Waals surface area contributed by atoms with Gasteiger partial charge in [-0.15, -0.1) is 0 Å². The molecule has 1 fully saturated rings. The van der Waals surface area contributed by atoms with E-state index in [1.807, 2.05) is 0 Å². The van der Waals surface area contributed by atoms with Gasteiger partial charge in [-0.05, 0) is 33.1 Å². The third-order valence-electron chi connectivity index (χ3n) is 3.11. The van der Waals surface area contributed by atoms with Gasteiger partial charge in [0.1, 0.15) is 0 Å². The highest BCUT2D eigenvalue weighted by Gasteiger charge is 2.28. The van der Waals surface area contributed by atoms with Crippen LogP contribution in [0, 0.1) is 0 Å². The molecular weight excluding hydrogens is 202 g/mol. The van der Waals surface area contributed by atoms with Gasteiger partial charge in [-0.25, -0.2) is 0 Å². The zero-order valence-electron chi connectivity index (χ0n) is 10.4. The first kappa shape index (κ1) is 12.1. The first-order valence-corrected chi connectivity index (χ1v) is 6.32. The summed E-state index contributed by atoms with van der Waals surface area (Å²) in [5.41, 5.74) is -0.0608. The topological polar surface area (TPSA) is 30.5 Å². The summed E-state index contributed by atoms with van der Waals surface area (Å²) in [5, 5.41) is 3.39. The quantitative estimate of drug-likeness (QED) is 0.744. The summed E-state index contributed by atoms with van der Waals surface area (Å²) in [6, 6.07) is 0. The second kappa shape index (κ2) is 5.30. The van der Waals surface area contributed by atoms with Crippen LogP contribution in [-0.2, 0) is 9.47 Å². The molecule has 1 saturated heterocycles. The number of rotatable bonds is 3. The van der Waals surface area contributed by atoms with Crippen molar-refractivity contribution in [2.45, 2.75) is 50.9 Å². The van der Waals surface area contributed by atoms with Gasteiger partial charge in [-0.2, -0.15) is 0 Å². The highest BCUT2D eigenvalue weighted by atomic mass is 16.6. The zero-order valence-corrected chi connectivity index (χ0v) is 10.4. The van der Waals surface area contributed by atoms with Gasteiger partial charge in [0.05, 0.1) is 24.4 Å². The van der Waals surface area contributed by atoms with Crippen molar-refractivity contribution in [3.05, 3.63) is 12.2 Å². The predicted molar refractivity (Wildman–Crippen MR) is 64.6 cm³/mol. The minimum atomic E-state index is -0.0608. The van der Waals surface area contributed by atoms with Crippen LogP contribution < -0.4 is 5.32 Å². The zero-order chi connectivity index (χ0) is 11.4. The Labute approximate surface area is 98.2 Å². The minimum Gasteiger partial charge on any atom is -0.371 e. The van der Waals surface area contributed by atoms with Crippen molar-refractivity contribution >= 4 is 0 Å². The molecule has 2 atom stereocenters. The fraction of sp³-hybridized carbons (Fsp3) is 0.846. The molecular formula is C13H23NO2. The highest BCUT2D eigenvalue weighted by Crippen LogP contribution is 2.18. The van der Waals surface area contributed by atoms with Crippen molar-refractivity contribution in [3.8, 4) is 0 Å². The van der Waals surface area contributed by atoms with Crippen molar-refractivity contribution < 1.29 is 9.47 Å². The fourth-order valence-electron chi connectivity index (χ4n) is 2.31. The normalized spacial score (nSPS) is 33.9. The van der Waals surface area contributed by atoms with E-state index in [2.05, 4.69) is 31.3 Å². The van der Waals surface area contributed by atoms with Crippen LogP contribution in [0.3, 0.4) is 0 Å². The lowest BCUT2D eigenvalue weighted by atomic mass is 10.1. The lowest BCUT2D eigenvalue weighted by molar-refractivity contribution is -0.126.